The van der Waals surface area contributed by atoms with Crippen molar-refractivity contribution >= 4 is 23.2 Å². The predicted octanol–water partition coefficient (Wildman–Crippen LogP) is 5.22. The molecule has 2 unspecified atom stereocenters. The van der Waals surface area contributed by atoms with Gasteiger partial charge in [-0.05, 0) is 80.2 Å². The van der Waals surface area contributed by atoms with Crippen LogP contribution in [0.2, 0.25) is 0 Å². The highest BCUT2D eigenvalue weighted by molar-refractivity contribution is 7.13. The zero-order valence-corrected chi connectivity index (χ0v) is 23.3. The molecule has 3 aliphatic rings. The molecule has 2 aliphatic heterocycles. The summed E-state index contributed by atoms with van der Waals surface area (Å²) >= 11 is 1.69. The summed E-state index contributed by atoms with van der Waals surface area (Å²) in [5.74, 6) is 2.51. The van der Waals surface area contributed by atoms with E-state index in [2.05, 4.69) is 45.6 Å². The second-order valence-electron chi connectivity index (χ2n) is 11.1. The number of nitrogens with one attached hydrogen (secondary N) is 1. The van der Waals surface area contributed by atoms with E-state index in [1.54, 1.807) is 25.4 Å². The number of amides is 2. The molecule has 8 heteroatoms. The number of hydrogen-bond acceptors (Lipinski definition) is 5. The minimum atomic E-state index is 0.0195. The van der Waals surface area contributed by atoms with Gasteiger partial charge < -0.3 is 24.3 Å². The summed E-state index contributed by atoms with van der Waals surface area (Å²) in [7, 11) is 1.68. The van der Waals surface area contributed by atoms with Crippen LogP contribution < -0.4 is 14.8 Å². The average Bonchev–Trinajstić information content (AvgIpc) is 3.65. The number of ether oxygens (including phenoxy) is 2. The lowest BCUT2D eigenvalue weighted by Crippen LogP contribution is -2.35. The van der Waals surface area contributed by atoms with Gasteiger partial charge in [0, 0.05) is 48.6 Å². The molecule has 0 spiro atoms. The number of likely N-dealkylation sites (tertiary alicyclic amines) is 1. The average molecular weight is 534 g/mol. The number of methoxy groups -OCH3 is 1. The minimum Gasteiger partial charge on any atom is -0.493 e. The number of fused-ring (bicyclic) bond motifs is 4. The number of carbonyl (C=O) groups is 2. The molecule has 1 saturated heterocycles. The molecule has 0 bridgehead atoms. The standard InChI is InChI=1S/C30H35N3O4S/c1-17(2)37-27-14-23-19(12-26(27)36-4)7-8-33-25(13-24(29(23)33)28-6-5-9-38-28)30(35)32-15-20-10-22(31-18(3)34)11-21(20)16-32/h5-6,9,12-14,17,20-22H,7-8,10-11,15-16H2,1-4H3,(H,31,34)/t20-,21?,22?/m1/s1. The van der Waals surface area contributed by atoms with E-state index < -0.39 is 0 Å². The van der Waals surface area contributed by atoms with Crippen molar-refractivity contribution in [3.05, 3.63) is 47.0 Å². The van der Waals surface area contributed by atoms with Crippen molar-refractivity contribution in [3.8, 4) is 33.2 Å². The van der Waals surface area contributed by atoms with Gasteiger partial charge in [-0.25, -0.2) is 0 Å². The number of carbonyl (C=O) groups excluding carboxylic acids is 2. The topological polar surface area (TPSA) is 72.8 Å². The Kier molecular flexibility index (Phi) is 6.46. The molecule has 7 nitrogen and oxygen atoms in total. The van der Waals surface area contributed by atoms with Crippen LogP contribution in [0.25, 0.3) is 21.7 Å². The van der Waals surface area contributed by atoms with Crippen LogP contribution in [0.1, 0.15) is 49.7 Å². The Hall–Kier alpha value is -3.26. The van der Waals surface area contributed by atoms with Gasteiger partial charge in [-0.15, -0.1) is 11.3 Å². The van der Waals surface area contributed by atoms with Gasteiger partial charge in [0.25, 0.3) is 5.91 Å². The first-order valence-electron chi connectivity index (χ1n) is 13.5. The van der Waals surface area contributed by atoms with E-state index in [4.69, 9.17) is 9.47 Å². The molecule has 1 saturated carbocycles. The Balaban J connectivity index is 1.36. The SMILES string of the molecule is COc1cc2c(cc1OC(C)C)-c1c(-c3cccs3)cc(C(=O)N3CC4CC(NC(C)=O)C[C@@H]4C3)n1CC2. The fraction of sp³-hybridized carbons (Fsp3) is 0.467. The van der Waals surface area contributed by atoms with E-state index in [9.17, 15) is 9.59 Å². The predicted molar refractivity (Wildman–Crippen MR) is 149 cm³/mol. The van der Waals surface area contributed by atoms with E-state index >= 15 is 0 Å². The quantitative estimate of drug-likeness (QED) is 0.472. The molecule has 0 radical (unpaired) electrons. The number of thiophene rings is 1. The van der Waals surface area contributed by atoms with Crippen molar-refractivity contribution in [1.82, 2.24) is 14.8 Å². The van der Waals surface area contributed by atoms with Crippen molar-refractivity contribution in [2.24, 2.45) is 11.8 Å². The zero-order chi connectivity index (χ0) is 26.6. The Morgan fingerprint density at radius 3 is 2.47 bits per heavy atom. The van der Waals surface area contributed by atoms with E-state index in [0.717, 1.165) is 77.8 Å². The van der Waals surface area contributed by atoms with Gasteiger partial charge in [-0.2, -0.15) is 0 Å². The maximum Gasteiger partial charge on any atom is 0.270 e. The van der Waals surface area contributed by atoms with Crippen LogP contribution in [0, 0.1) is 11.8 Å². The Labute approximate surface area is 227 Å². The normalized spacial score (nSPS) is 21.7. The monoisotopic (exact) mass is 533 g/mol. The second kappa shape index (κ2) is 9.80. The Bertz CT molecular complexity index is 1360. The third-order valence-electron chi connectivity index (χ3n) is 8.16. The molecular formula is C30H35N3O4S. The van der Waals surface area contributed by atoms with E-state index in [1.165, 1.54) is 5.56 Å². The molecule has 6 rings (SSSR count). The number of hydrogen-bond donors (Lipinski definition) is 1. The van der Waals surface area contributed by atoms with Crippen LogP contribution >= 0.6 is 11.3 Å². The zero-order valence-electron chi connectivity index (χ0n) is 22.5. The summed E-state index contributed by atoms with van der Waals surface area (Å²) in [6.45, 7) is 7.87. The van der Waals surface area contributed by atoms with Crippen molar-refractivity contribution in [2.75, 3.05) is 20.2 Å². The molecule has 3 aromatic rings. The van der Waals surface area contributed by atoms with Gasteiger partial charge in [0.1, 0.15) is 5.69 Å². The van der Waals surface area contributed by atoms with Crippen molar-refractivity contribution < 1.29 is 19.1 Å². The molecule has 1 aliphatic carbocycles. The lowest BCUT2D eigenvalue weighted by atomic mass is 9.95. The molecule has 38 heavy (non-hydrogen) atoms. The highest BCUT2D eigenvalue weighted by atomic mass is 32.1. The van der Waals surface area contributed by atoms with Crippen molar-refractivity contribution in [1.29, 1.82) is 0 Å². The van der Waals surface area contributed by atoms with Crippen LogP contribution in [0.5, 0.6) is 11.5 Å². The van der Waals surface area contributed by atoms with Crippen molar-refractivity contribution in [2.45, 2.75) is 58.7 Å². The second-order valence-corrected chi connectivity index (χ2v) is 12.0. The van der Waals surface area contributed by atoms with E-state index in [0.29, 0.717) is 11.8 Å². The van der Waals surface area contributed by atoms with Crippen LogP contribution in [-0.4, -0.2) is 53.6 Å². The van der Waals surface area contributed by atoms with Crippen LogP contribution in [-0.2, 0) is 17.8 Å². The van der Waals surface area contributed by atoms with Gasteiger partial charge >= 0.3 is 0 Å². The lowest BCUT2D eigenvalue weighted by molar-refractivity contribution is -0.119. The summed E-state index contributed by atoms with van der Waals surface area (Å²) in [5.41, 5.74) is 5.25. The summed E-state index contributed by atoms with van der Waals surface area (Å²) in [6, 6.07) is 10.7. The number of aromatic nitrogens is 1. The number of rotatable bonds is 6. The molecule has 2 fully saturated rings. The third kappa shape index (κ3) is 4.38. The summed E-state index contributed by atoms with van der Waals surface area (Å²) in [5, 5.41) is 5.16. The van der Waals surface area contributed by atoms with Crippen LogP contribution in [0.15, 0.2) is 35.7 Å². The largest absolute Gasteiger partial charge is 0.493 e. The van der Waals surface area contributed by atoms with Gasteiger partial charge in [0.05, 0.1) is 18.9 Å². The van der Waals surface area contributed by atoms with E-state index in [-0.39, 0.29) is 24.0 Å². The van der Waals surface area contributed by atoms with E-state index in [1.807, 2.05) is 18.7 Å². The molecule has 4 heterocycles. The maximum atomic E-state index is 14.0. The first kappa shape index (κ1) is 25.0. The highest BCUT2D eigenvalue weighted by Crippen LogP contribution is 2.46. The fourth-order valence-corrected chi connectivity index (χ4v) is 7.41. The third-order valence-corrected chi connectivity index (χ3v) is 9.06. The van der Waals surface area contributed by atoms with Gasteiger partial charge in [-0.1, -0.05) is 6.07 Å². The fourth-order valence-electron chi connectivity index (χ4n) is 6.67. The summed E-state index contributed by atoms with van der Waals surface area (Å²) in [6.07, 6.45) is 2.75. The number of benzene rings is 1. The molecule has 1 aromatic carbocycles. The van der Waals surface area contributed by atoms with Crippen LogP contribution in [0.4, 0.5) is 0 Å². The first-order chi connectivity index (χ1) is 18.3. The molecule has 3 atom stereocenters. The Morgan fingerprint density at radius 2 is 1.84 bits per heavy atom. The molecular weight excluding hydrogens is 498 g/mol. The number of nitrogens with zero attached hydrogens (tertiary/aromatic N) is 2. The molecule has 200 valence electrons. The maximum absolute atomic E-state index is 14.0. The lowest BCUT2D eigenvalue weighted by Gasteiger charge is -2.26. The molecule has 1 N–H and O–H groups in total. The molecule has 2 aromatic heterocycles. The highest BCUT2D eigenvalue weighted by Gasteiger charge is 2.43. The summed E-state index contributed by atoms with van der Waals surface area (Å²) in [4.78, 5) is 28.7. The summed E-state index contributed by atoms with van der Waals surface area (Å²) < 4.78 is 14.0. The minimum absolute atomic E-state index is 0.0195. The first-order valence-corrected chi connectivity index (χ1v) is 14.4. The van der Waals surface area contributed by atoms with Gasteiger partial charge in [0.2, 0.25) is 5.91 Å². The molecule has 2 amide bonds. The van der Waals surface area contributed by atoms with Gasteiger partial charge in [-0.3, -0.25) is 9.59 Å². The number of aryl methyl sites for hydroxylation is 1. The van der Waals surface area contributed by atoms with Crippen LogP contribution in [0.3, 0.4) is 0 Å². The van der Waals surface area contributed by atoms with Crippen molar-refractivity contribution in [3.63, 3.8) is 0 Å². The Morgan fingerprint density at radius 1 is 1.08 bits per heavy atom. The smallest absolute Gasteiger partial charge is 0.270 e. The van der Waals surface area contributed by atoms with Gasteiger partial charge in [0.15, 0.2) is 11.5 Å².